The molecule has 0 atom stereocenters. The Labute approximate surface area is 107 Å². The van der Waals surface area contributed by atoms with E-state index in [1.807, 2.05) is 6.92 Å². The van der Waals surface area contributed by atoms with Gasteiger partial charge in [-0.25, -0.2) is 0 Å². The molecule has 0 heterocycles. The van der Waals surface area contributed by atoms with Crippen molar-refractivity contribution >= 4 is 21.5 Å². The lowest BCUT2D eigenvalue weighted by molar-refractivity contribution is 0.348. The van der Waals surface area contributed by atoms with Gasteiger partial charge < -0.3 is 4.74 Å². The smallest absolute Gasteiger partial charge is 0.134 e. The summed E-state index contributed by atoms with van der Waals surface area (Å²) >= 11 is 0. The first kappa shape index (κ1) is 11.1. The van der Waals surface area contributed by atoms with E-state index in [2.05, 4.69) is 55.5 Å². The summed E-state index contributed by atoms with van der Waals surface area (Å²) in [7, 11) is 0. The molecule has 0 spiro atoms. The van der Waals surface area contributed by atoms with Gasteiger partial charge in [-0.05, 0) is 36.8 Å². The van der Waals surface area contributed by atoms with Gasteiger partial charge in [-0.3, -0.25) is 0 Å². The van der Waals surface area contributed by atoms with Crippen molar-refractivity contribution in [2.24, 2.45) is 0 Å². The van der Waals surface area contributed by atoms with Crippen LogP contribution in [0, 0.1) is 6.92 Å². The Morgan fingerprint density at radius 1 is 0.889 bits per heavy atom. The number of aryl methyl sites for hydroxylation is 1. The van der Waals surface area contributed by atoms with Crippen molar-refractivity contribution in [2.75, 3.05) is 6.61 Å². The number of fused-ring (bicyclic) bond motifs is 2. The van der Waals surface area contributed by atoms with Crippen molar-refractivity contribution in [3.63, 3.8) is 0 Å². The highest BCUT2D eigenvalue weighted by molar-refractivity contribution is 6.05. The van der Waals surface area contributed by atoms with E-state index in [4.69, 9.17) is 4.74 Å². The normalized spacial score (nSPS) is 11.0. The maximum Gasteiger partial charge on any atom is 0.134 e. The van der Waals surface area contributed by atoms with Gasteiger partial charge in [-0.15, -0.1) is 0 Å². The van der Waals surface area contributed by atoms with Gasteiger partial charge in [0.2, 0.25) is 0 Å². The summed E-state index contributed by atoms with van der Waals surface area (Å²) in [4.78, 5) is 0. The molecule has 0 N–H and O–H groups in total. The van der Waals surface area contributed by atoms with E-state index < -0.39 is 0 Å². The number of hydrogen-bond donors (Lipinski definition) is 0. The molecule has 1 nitrogen and oxygen atoms in total. The van der Waals surface area contributed by atoms with Gasteiger partial charge in [0.05, 0.1) is 6.61 Å². The maximum atomic E-state index is 5.89. The minimum atomic E-state index is 0.692. The minimum absolute atomic E-state index is 0.692. The summed E-state index contributed by atoms with van der Waals surface area (Å²) in [5, 5.41) is 4.87. The van der Waals surface area contributed by atoms with Crippen LogP contribution in [0.1, 0.15) is 12.5 Å². The van der Waals surface area contributed by atoms with Crippen LogP contribution in [0.25, 0.3) is 21.5 Å². The van der Waals surface area contributed by atoms with Crippen molar-refractivity contribution in [3.05, 3.63) is 54.1 Å². The Hall–Kier alpha value is -2.02. The fourth-order valence-electron chi connectivity index (χ4n) is 2.43. The average molecular weight is 236 g/mol. The Bertz CT molecular complexity index is 713. The minimum Gasteiger partial charge on any atom is -0.493 e. The zero-order valence-corrected chi connectivity index (χ0v) is 10.7. The molecule has 0 aliphatic carbocycles. The molecule has 0 fully saturated rings. The van der Waals surface area contributed by atoms with E-state index >= 15 is 0 Å². The monoisotopic (exact) mass is 236 g/mol. The Morgan fingerprint density at radius 2 is 1.67 bits per heavy atom. The molecule has 90 valence electrons. The summed E-state index contributed by atoms with van der Waals surface area (Å²) in [5.41, 5.74) is 1.26. The largest absolute Gasteiger partial charge is 0.493 e. The third-order valence-corrected chi connectivity index (χ3v) is 3.26. The van der Waals surface area contributed by atoms with Crippen molar-refractivity contribution < 1.29 is 4.74 Å². The van der Waals surface area contributed by atoms with Crippen molar-refractivity contribution in [2.45, 2.75) is 13.8 Å². The lowest BCUT2D eigenvalue weighted by atomic mass is 10.0. The molecule has 0 aromatic heterocycles. The SMILES string of the molecule is CCOc1c2ccccc2cc2ccc(C)cc12. The molecule has 0 radical (unpaired) electrons. The van der Waals surface area contributed by atoms with E-state index in [0.29, 0.717) is 6.61 Å². The van der Waals surface area contributed by atoms with Gasteiger partial charge in [0.25, 0.3) is 0 Å². The third-order valence-electron chi connectivity index (χ3n) is 3.26. The lowest BCUT2D eigenvalue weighted by Gasteiger charge is -2.12. The van der Waals surface area contributed by atoms with Crippen molar-refractivity contribution in [1.29, 1.82) is 0 Å². The number of benzene rings is 3. The highest BCUT2D eigenvalue weighted by Crippen LogP contribution is 2.35. The second kappa shape index (κ2) is 4.34. The number of rotatable bonds is 2. The van der Waals surface area contributed by atoms with Crippen LogP contribution in [0.4, 0.5) is 0 Å². The van der Waals surface area contributed by atoms with Crippen LogP contribution in [0.3, 0.4) is 0 Å². The molecule has 18 heavy (non-hydrogen) atoms. The van der Waals surface area contributed by atoms with Gasteiger partial charge in [-0.2, -0.15) is 0 Å². The van der Waals surface area contributed by atoms with Crippen LogP contribution >= 0.6 is 0 Å². The first-order valence-corrected chi connectivity index (χ1v) is 6.34. The van der Waals surface area contributed by atoms with Crippen LogP contribution < -0.4 is 4.74 Å². The van der Waals surface area contributed by atoms with Gasteiger partial charge in [0, 0.05) is 10.8 Å². The van der Waals surface area contributed by atoms with Crippen LogP contribution in [-0.4, -0.2) is 6.61 Å². The fourth-order valence-corrected chi connectivity index (χ4v) is 2.43. The highest BCUT2D eigenvalue weighted by atomic mass is 16.5. The van der Waals surface area contributed by atoms with Crippen molar-refractivity contribution in [3.8, 4) is 5.75 Å². The second-order valence-corrected chi connectivity index (χ2v) is 4.58. The lowest BCUT2D eigenvalue weighted by Crippen LogP contribution is -1.94. The molecule has 0 amide bonds. The highest BCUT2D eigenvalue weighted by Gasteiger charge is 2.08. The van der Waals surface area contributed by atoms with Crippen LogP contribution in [0.15, 0.2) is 48.5 Å². The van der Waals surface area contributed by atoms with E-state index in [1.165, 1.54) is 27.1 Å². The first-order chi connectivity index (χ1) is 8.79. The molecule has 0 saturated heterocycles. The fraction of sp³-hybridized carbons (Fsp3) is 0.176. The van der Waals surface area contributed by atoms with Crippen LogP contribution in [0.2, 0.25) is 0 Å². The molecule has 3 aromatic rings. The molecule has 0 saturated carbocycles. The van der Waals surface area contributed by atoms with Gasteiger partial charge in [0.1, 0.15) is 5.75 Å². The summed E-state index contributed by atoms with van der Waals surface area (Å²) in [6, 6.07) is 17.1. The molecular weight excluding hydrogens is 220 g/mol. The van der Waals surface area contributed by atoms with E-state index in [-0.39, 0.29) is 0 Å². The summed E-state index contributed by atoms with van der Waals surface area (Å²) < 4.78 is 5.89. The van der Waals surface area contributed by atoms with Gasteiger partial charge >= 0.3 is 0 Å². The van der Waals surface area contributed by atoms with E-state index in [0.717, 1.165) is 5.75 Å². The van der Waals surface area contributed by atoms with E-state index in [9.17, 15) is 0 Å². The summed E-state index contributed by atoms with van der Waals surface area (Å²) in [6.07, 6.45) is 0. The average Bonchev–Trinajstić information content (AvgIpc) is 2.39. The summed E-state index contributed by atoms with van der Waals surface area (Å²) in [5.74, 6) is 1.01. The molecule has 1 heteroatoms. The maximum absolute atomic E-state index is 5.89. The quantitative estimate of drug-likeness (QED) is 0.586. The van der Waals surface area contributed by atoms with Gasteiger partial charge in [-0.1, -0.05) is 42.0 Å². The predicted molar refractivity (Wildman–Crippen MR) is 77.4 cm³/mol. The third kappa shape index (κ3) is 1.72. The first-order valence-electron chi connectivity index (χ1n) is 6.34. The molecule has 3 aromatic carbocycles. The topological polar surface area (TPSA) is 9.23 Å². The van der Waals surface area contributed by atoms with Crippen molar-refractivity contribution in [1.82, 2.24) is 0 Å². The Balaban J connectivity index is 2.46. The summed E-state index contributed by atoms with van der Waals surface area (Å²) in [6.45, 7) is 4.84. The molecular formula is C17H16O. The molecule has 0 aliphatic rings. The van der Waals surface area contributed by atoms with Gasteiger partial charge in [0.15, 0.2) is 0 Å². The van der Waals surface area contributed by atoms with Crippen LogP contribution in [-0.2, 0) is 0 Å². The standard InChI is InChI=1S/C17H16O/c1-3-18-17-15-7-5-4-6-13(15)11-14-9-8-12(2)10-16(14)17/h4-11H,3H2,1-2H3. The molecule has 3 rings (SSSR count). The Kier molecular flexibility index (Phi) is 2.67. The van der Waals surface area contributed by atoms with E-state index in [1.54, 1.807) is 0 Å². The predicted octanol–water partition coefficient (Wildman–Crippen LogP) is 4.70. The zero-order chi connectivity index (χ0) is 12.5. The molecule has 0 aliphatic heterocycles. The number of ether oxygens (including phenoxy) is 1. The number of hydrogen-bond acceptors (Lipinski definition) is 1. The Morgan fingerprint density at radius 3 is 2.50 bits per heavy atom. The second-order valence-electron chi connectivity index (χ2n) is 4.58. The van der Waals surface area contributed by atoms with Crippen LogP contribution in [0.5, 0.6) is 5.75 Å². The molecule has 0 unspecified atom stereocenters. The zero-order valence-electron chi connectivity index (χ0n) is 10.7. The molecule has 0 bridgehead atoms.